The molecule has 0 aliphatic carbocycles. The van der Waals surface area contributed by atoms with Crippen LogP contribution in [0.25, 0.3) is 0 Å². The zero-order valence-corrected chi connectivity index (χ0v) is 16.3. The molecule has 0 saturated heterocycles. The SMILES string of the molecule is Nc1ccc(S(=O)(=O)O)c(NC(=O)c2ccc(CS(=O)(=O)CCCl)cc2)c1. The Balaban J connectivity index is 2.22. The molecule has 0 atom stereocenters. The van der Waals surface area contributed by atoms with Gasteiger partial charge in [-0.3, -0.25) is 9.35 Å². The molecule has 27 heavy (non-hydrogen) atoms. The summed E-state index contributed by atoms with van der Waals surface area (Å²) in [6.45, 7) is 0. The maximum atomic E-state index is 12.3. The summed E-state index contributed by atoms with van der Waals surface area (Å²) < 4.78 is 55.6. The zero-order chi connectivity index (χ0) is 20.2. The second kappa shape index (κ2) is 8.26. The third-order valence-electron chi connectivity index (χ3n) is 3.52. The Morgan fingerprint density at radius 2 is 1.70 bits per heavy atom. The lowest BCUT2D eigenvalue weighted by molar-refractivity contribution is 0.102. The molecule has 146 valence electrons. The Hall–Kier alpha value is -2.14. The highest BCUT2D eigenvalue weighted by molar-refractivity contribution is 7.90. The lowest BCUT2D eigenvalue weighted by Crippen LogP contribution is -2.15. The van der Waals surface area contributed by atoms with Gasteiger partial charge >= 0.3 is 0 Å². The molecule has 0 aliphatic heterocycles. The van der Waals surface area contributed by atoms with Gasteiger partial charge in [-0.15, -0.1) is 11.6 Å². The van der Waals surface area contributed by atoms with E-state index in [0.29, 0.717) is 5.56 Å². The lowest BCUT2D eigenvalue weighted by Gasteiger charge is -2.10. The fourth-order valence-electron chi connectivity index (χ4n) is 2.26. The van der Waals surface area contributed by atoms with E-state index in [1.54, 1.807) is 0 Å². The standard InChI is InChI=1S/C16H17ClN2O6S2/c17-7-8-26(21,22)10-11-1-3-12(4-2-11)16(20)19-14-9-13(18)5-6-15(14)27(23,24)25/h1-6,9H,7-8,10,18H2,(H,19,20)(H,23,24,25). The fraction of sp³-hybridized carbons (Fsp3) is 0.188. The summed E-state index contributed by atoms with van der Waals surface area (Å²) in [5, 5.41) is 2.37. The van der Waals surface area contributed by atoms with Gasteiger partial charge in [-0.1, -0.05) is 12.1 Å². The molecule has 0 radical (unpaired) electrons. The van der Waals surface area contributed by atoms with Gasteiger partial charge in [0, 0.05) is 17.1 Å². The Labute approximate surface area is 162 Å². The minimum absolute atomic E-state index is 0.000865. The van der Waals surface area contributed by atoms with E-state index in [9.17, 15) is 26.2 Å². The van der Waals surface area contributed by atoms with Crippen molar-refractivity contribution in [1.29, 1.82) is 0 Å². The van der Waals surface area contributed by atoms with Gasteiger partial charge < -0.3 is 11.1 Å². The number of carbonyl (C=O) groups is 1. The predicted octanol–water partition coefficient (Wildman–Crippen LogP) is 1.92. The Morgan fingerprint density at radius 1 is 1.07 bits per heavy atom. The number of alkyl halides is 1. The van der Waals surface area contributed by atoms with Crippen molar-refractivity contribution in [3.63, 3.8) is 0 Å². The van der Waals surface area contributed by atoms with Gasteiger partial charge in [0.25, 0.3) is 16.0 Å². The molecule has 0 spiro atoms. The molecule has 2 rings (SSSR count). The number of amides is 1. The fourth-order valence-corrected chi connectivity index (χ4v) is 4.67. The number of carbonyl (C=O) groups excluding carboxylic acids is 1. The maximum Gasteiger partial charge on any atom is 0.296 e. The van der Waals surface area contributed by atoms with E-state index in [2.05, 4.69) is 5.32 Å². The van der Waals surface area contributed by atoms with E-state index in [0.717, 1.165) is 6.07 Å². The van der Waals surface area contributed by atoms with E-state index in [1.165, 1.54) is 36.4 Å². The summed E-state index contributed by atoms with van der Waals surface area (Å²) in [5.74, 6) is -1.01. The van der Waals surface area contributed by atoms with E-state index < -0.39 is 30.8 Å². The van der Waals surface area contributed by atoms with Crippen molar-refractivity contribution >= 4 is 48.8 Å². The van der Waals surface area contributed by atoms with Crippen molar-refractivity contribution in [2.75, 3.05) is 22.7 Å². The van der Waals surface area contributed by atoms with Gasteiger partial charge in [-0.2, -0.15) is 8.42 Å². The first-order chi connectivity index (χ1) is 12.5. The molecule has 2 aromatic carbocycles. The van der Waals surface area contributed by atoms with E-state index in [4.69, 9.17) is 17.3 Å². The first-order valence-electron chi connectivity index (χ1n) is 7.55. The van der Waals surface area contributed by atoms with Crippen LogP contribution in [0.5, 0.6) is 0 Å². The number of halogens is 1. The normalized spacial score (nSPS) is 11.9. The lowest BCUT2D eigenvalue weighted by atomic mass is 10.1. The average Bonchev–Trinajstić information content (AvgIpc) is 2.53. The largest absolute Gasteiger partial charge is 0.399 e. The van der Waals surface area contributed by atoms with E-state index in [-0.39, 0.29) is 34.3 Å². The maximum absolute atomic E-state index is 12.3. The molecule has 8 nitrogen and oxygen atoms in total. The number of hydrogen-bond donors (Lipinski definition) is 3. The number of nitrogens with one attached hydrogen (secondary N) is 1. The molecular formula is C16H17ClN2O6S2. The van der Waals surface area contributed by atoms with Crippen molar-refractivity contribution in [3.05, 3.63) is 53.6 Å². The molecule has 0 unspecified atom stereocenters. The monoisotopic (exact) mass is 432 g/mol. The summed E-state index contributed by atoms with van der Waals surface area (Å²) >= 11 is 5.45. The first kappa shape index (κ1) is 21.2. The minimum atomic E-state index is -4.56. The van der Waals surface area contributed by atoms with Crippen LogP contribution in [0.15, 0.2) is 47.4 Å². The van der Waals surface area contributed by atoms with Crippen molar-refractivity contribution in [1.82, 2.24) is 0 Å². The van der Waals surface area contributed by atoms with Crippen LogP contribution in [-0.2, 0) is 25.7 Å². The number of anilines is 2. The molecule has 0 fully saturated rings. The van der Waals surface area contributed by atoms with Crippen molar-refractivity contribution in [3.8, 4) is 0 Å². The summed E-state index contributed by atoms with van der Waals surface area (Å²) in [6, 6.07) is 9.31. The molecule has 0 aromatic heterocycles. The van der Waals surface area contributed by atoms with Crippen LogP contribution < -0.4 is 11.1 Å². The number of rotatable bonds is 7. The molecule has 2 aromatic rings. The van der Waals surface area contributed by atoms with Gasteiger partial charge in [0.1, 0.15) is 4.90 Å². The van der Waals surface area contributed by atoms with Crippen molar-refractivity contribution in [2.45, 2.75) is 10.6 Å². The number of nitrogen functional groups attached to an aromatic ring is 1. The van der Waals surface area contributed by atoms with Crippen LogP contribution in [0.2, 0.25) is 0 Å². The summed E-state index contributed by atoms with van der Waals surface area (Å²) in [6.07, 6.45) is 0. The molecule has 4 N–H and O–H groups in total. The summed E-state index contributed by atoms with van der Waals surface area (Å²) in [4.78, 5) is 11.8. The van der Waals surface area contributed by atoms with Crippen LogP contribution in [0.3, 0.4) is 0 Å². The summed E-state index contributed by atoms with van der Waals surface area (Å²) in [5.41, 5.74) is 6.27. The van der Waals surface area contributed by atoms with E-state index >= 15 is 0 Å². The number of sulfone groups is 1. The third kappa shape index (κ3) is 5.93. The van der Waals surface area contributed by atoms with Crippen molar-refractivity contribution < 1.29 is 26.2 Å². The highest BCUT2D eigenvalue weighted by atomic mass is 35.5. The van der Waals surface area contributed by atoms with Gasteiger partial charge in [-0.25, -0.2) is 8.42 Å². The van der Waals surface area contributed by atoms with Gasteiger partial charge in [-0.05, 0) is 35.9 Å². The highest BCUT2D eigenvalue weighted by Crippen LogP contribution is 2.24. The second-order valence-corrected chi connectivity index (χ2v) is 9.61. The van der Waals surface area contributed by atoms with Crippen LogP contribution in [0.1, 0.15) is 15.9 Å². The van der Waals surface area contributed by atoms with Gasteiger partial charge in [0.05, 0.1) is 17.2 Å². The minimum Gasteiger partial charge on any atom is -0.399 e. The number of nitrogens with two attached hydrogens (primary N) is 1. The number of hydrogen-bond acceptors (Lipinski definition) is 6. The molecule has 1 amide bonds. The van der Waals surface area contributed by atoms with Gasteiger partial charge in [0.2, 0.25) is 0 Å². The van der Waals surface area contributed by atoms with Crippen LogP contribution in [0.4, 0.5) is 11.4 Å². The Morgan fingerprint density at radius 3 is 2.26 bits per heavy atom. The van der Waals surface area contributed by atoms with Crippen LogP contribution >= 0.6 is 11.6 Å². The summed E-state index contributed by atoms with van der Waals surface area (Å²) in [7, 11) is -7.89. The zero-order valence-electron chi connectivity index (χ0n) is 13.9. The quantitative estimate of drug-likeness (QED) is 0.344. The highest BCUT2D eigenvalue weighted by Gasteiger charge is 2.18. The molecule has 0 bridgehead atoms. The molecule has 0 saturated carbocycles. The first-order valence-corrected chi connectivity index (χ1v) is 11.3. The molecule has 0 heterocycles. The predicted molar refractivity (Wildman–Crippen MR) is 103 cm³/mol. The third-order valence-corrected chi connectivity index (χ3v) is 6.44. The Bertz CT molecular complexity index is 1050. The molecular weight excluding hydrogens is 416 g/mol. The molecule has 11 heteroatoms. The Kier molecular flexibility index (Phi) is 6.47. The van der Waals surface area contributed by atoms with Crippen LogP contribution in [-0.4, -0.2) is 38.9 Å². The molecule has 0 aliphatic rings. The van der Waals surface area contributed by atoms with Gasteiger partial charge in [0.15, 0.2) is 9.84 Å². The second-order valence-electron chi connectivity index (χ2n) is 5.66. The van der Waals surface area contributed by atoms with E-state index in [1.807, 2.05) is 0 Å². The number of benzene rings is 2. The smallest absolute Gasteiger partial charge is 0.296 e. The van der Waals surface area contributed by atoms with Crippen molar-refractivity contribution in [2.24, 2.45) is 0 Å². The average molecular weight is 433 g/mol. The topological polar surface area (TPSA) is 144 Å². The van der Waals surface area contributed by atoms with Crippen LogP contribution in [0, 0.1) is 0 Å².